The van der Waals surface area contributed by atoms with Crippen molar-refractivity contribution in [1.82, 2.24) is 10.1 Å². The van der Waals surface area contributed by atoms with Crippen LogP contribution in [0.2, 0.25) is 0 Å². The van der Waals surface area contributed by atoms with Crippen LogP contribution >= 0.6 is 0 Å². The Labute approximate surface area is 61.4 Å². The van der Waals surface area contributed by atoms with Crippen LogP contribution in [0.25, 0.3) is 0 Å². The molecule has 1 heterocycles. The minimum atomic E-state index is -2.64. The van der Waals surface area contributed by atoms with Crippen LogP contribution in [0, 0.1) is 0 Å². The third kappa shape index (κ3) is 1.22. The van der Waals surface area contributed by atoms with Gasteiger partial charge in [0, 0.05) is 5.92 Å². The van der Waals surface area contributed by atoms with Crippen molar-refractivity contribution in [2.45, 2.75) is 25.2 Å². The first-order valence-corrected chi connectivity index (χ1v) is 3.39. The smallest absolute Gasteiger partial charge is 0.315 e. The molecule has 5 heteroatoms. The van der Waals surface area contributed by atoms with Gasteiger partial charge in [0.15, 0.2) is 5.82 Å². The van der Waals surface area contributed by atoms with E-state index in [9.17, 15) is 8.78 Å². The summed E-state index contributed by atoms with van der Waals surface area (Å²) in [7, 11) is 0. The molecule has 0 bridgehead atoms. The number of alkyl halides is 2. The Morgan fingerprint density at radius 3 is 2.64 bits per heavy atom. The second-order valence-corrected chi connectivity index (χ2v) is 2.57. The molecule has 11 heavy (non-hydrogen) atoms. The van der Waals surface area contributed by atoms with Crippen molar-refractivity contribution in [3.8, 4) is 0 Å². The maximum Gasteiger partial charge on any atom is 0.315 e. The molecule has 1 saturated carbocycles. The zero-order valence-corrected chi connectivity index (χ0v) is 5.63. The van der Waals surface area contributed by atoms with E-state index in [2.05, 4.69) is 14.7 Å². The number of aromatic nitrogens is 2. The van der Waals surface area contributed by atoms with Crippen molar-refractivity contribution < 1.29 is 13.3 Å². The van der Waals surface area contributed by atoms with Gasteiger partial charge in [-0.3, -0.25) is 0 Å². The normalized spacial score (nSPS) is 17.7. The molecular formula is C6H6F2N2O. The van der Waals surface area contributed by atoms with E-state index in [0.29, 0.717) is 5.82 Å². The molecule has 1 aliphatic rings. The first-order chi connectivity index (χ1) is 5.27. The SMILES string of the molecule is FC(F)c1nc(C2CC2)no1. The molecule has 0 spiro atoms. The van der Waals surface area contributed by atoms with E-state index in [1.165, 1.54) is 0 Å². The van der Waals surface area contributed by atoms with E-state index in [1.54, 1.807) is 0 Å². The van der Waals surface area contributed by atoms with Gasteiger partial charge in [-0.05, 0) is 12.8 Å². The molecule has 0 amide bonds. The molecule has 0 radical (unpaired) electrons. The Bertz CT molecular complexity index is 240. The molecule has 0 N–H and O–H groups in total. The molecule has 60 valence electrons. The van der Waals surface area contributed by atoms with Gasteiger partial charge < -0.3 is 4.52 Å². The highest BCUT2D eigenvalue weighted by Crippen LogP contribution is 2.38. The average Bonchev–Trinajstić information content (AvgIpc) is 2.68. The second kappa shape index (κ2) is 2.25. The minimum absolute atomic E-state index is 0.270. The monoisotopic (exact) mass is 160 g/mol. The van der Waals surface area contributed by atoms with Crippen LogP contribution in [0.5, 0.6) is 0 Å². The van der Waals surface area contributed by atoms with Crippen LogP contribution in [0.4, 0.5) is 8.78 Å². The molecular weight excluding hydrogens is 154 g/mol. The molecule has 0 atom stereocenters. The van der Waals surface area contributed by atoms with Crippen molar-refractivity contribution in [2.75, 3.05) is 0 Å². The lowest BCUT2D eigenvalue weighted by molar-refractivity contribution is 0.106. The van der Waals surface area contributed by atoms with E-state index in [4.69, 9.17) is 0 Å². The van der Waals surface area contributed by atoms with E-state index in [1.807, 2.05) is 0 Å². The van der Waals surface area contributed by atoms with E-state index >= 15 is 0 Å². The van der Waals surface area contributed by atoms with Crippen molar-refractivity contribution >= 4 is 0 Å². The summed E-state index contributed by atoms with van der Waals surface area (Å²) in [5.74, 6) is 0.137. The van der Waals surface area contributed by atoms with Crippen molar-refractivity contribution in [2.24, 2.45) is 0 Å². The van der Waals surface area contributed by atoms with Crippen LogP contribution in [-0.2, 0) is 0 Å². The first kappa shape index (κ1) is 6.69. The lowest BCUT2D eigenvalue weighted by Gasteiger charge is -1.84. The van der Waals surface area contributed by atoms with Gasteiger partial charge in [0.25, 0.3) is 5.89 Å². The first-order valence-electron chi connectivity index (χ1n) is 3.39. The number of halogens is 2. The van der Waals surface area contributed by atoms with Gasteiger partial charge in [-0.15, -0.1) is 0 Å². The molecule has 0 aromatic carbocycles. The predicted octanol–water partition coefficient (Wildman–Crippen LogP) is 1.88. The maximum atomic E-state index is 11.9. The Morgan fingerprint density at radius 1 is 1.45 bits per heavy atom. The van der Waals surface area contributed by atoms with Gasteiger partial charge in [0.2, 0.25) is 0 Å². The molecule has 1 aliphatic carbocycles. The Kier molecular flexibility index (Phi) is 1.37. The van der Waals surface area contributed by atoms with Crippen molar-refractivity contribution in [1.29, 1.82) is 0 Å². The summed E-state index contributed by atoms with van der Waals surface area (Å²) in [6, 6.07) is 0. The summed E-state index contributed by atoms with van der Waals surface area (Å²) < 4.78 is 28.1. The summed E-state index contributed by atoms with van der Waals surface area (Å²) in [6.07, 6.45) is -0.667. The number of nitrogens with zero attached hydrogens (tertiary/aromatic N) is 2. The number of rotatable bonds is 2. The van der Waals surface area contributed by atoms with Crippen LogP contribution in [-0.4, -0.2) is 10.1 Å². The maximum absolute atomic E-state index is 11.9. The number of hydrogen-bond donors (Lipinski definition) is 0. The van der Waals surface area contributed by atoms with E-state index in [-0.39, 0.29) is 5.92 Å². The van der Waals surface area contributed by atoms with Crippen molar-refractivity contribution in [3.05, 3.63) is 11.7 Å². The average molecular weight is 160 g/mol. The van der Waals surface area contributed by atoms with Gasteiger partial charge in [0.1, 0.15) is 0 Å². The quantitative estimate of drug-likeness (QED) is 0.663. The van der Waals surface area contributed by atoms with Gasteiger partial charge in [-0.25, -0.2) is 0 Å². The molecule has 1 aromatic rings. The fraction of sp³-hybridized carbons (Fsp3) is 0.667. The molecule has 0 unspecified atom stereocenters. The third-order valence-electron chi connectivity index (χ3n) is 1.59. The highest BCUT2D eigenvalue weighted by atomic mass is 19.3. The summed E-state index contributed by atoms with van der Waals surface area (Å²) in [5.41, 5.74) is 0. The van der Waals surface area contributed by atoms with Gasteiger partial charge in [0.05, 0.1) is 0 Å². The summed E-state index contributed by atoms with van der Waals surface area (Å²) in [6.45, 7) is 0. The molecule has 0 aliphatic heterocycles. The minimum Gasteiger partial charge on any atom is -0.333 e. The Balaban J connectivity index is 2.18. The van der Waals surface area contributed by atoms with Crippen LogP contribution in [0.15, 0.2) is 4.52 Å². The molecule has 3 nitrogen and oxygen atoms in total. The largest absolute Gasteiger partial charge is 0.333 e. The fourth-order valence-corrected chi connectivity index (χ4v) is 0.843. The summed E-state index contributed by atoms with van der Waals surface area (Å²) >= 11 is 0. The second-order valence-electron chi connectivity index (χ2n) is 2.57. The van der Waals surface area contributed by atoms with Crippen LogP contribution in [0.1, 0.15) is 36.9 Å². The Hall–Kier alpha value is -1.00. The zero-order valence-electron chi connectivity index (χ0n) is 5.63. The van der Waals surface area contributed by atoms with E-state index in [0.717, 1.165) is 12.8 Å². The van der Waals surface area contributed by atoms with Crippen LogP contribution < -0.4 is 0 Å². The van der Waals surface area contributed by atoms with Crippen molar-refractivity contribution in [3.63, 3.8) is 0 Å². The lowest BCUT2D eigenvalue weighted by Crippen LogP contribution is -1.85. The Morgan fingerprint density at radius 2 is 2.18 bits per heavy atom. The molecule has 2 rings (SSSR count). The zero-order chi connectivity index (χ0) is 7.84. The number of hydrogen-bond acceptors (Lipinski definition) is 3. The standard InChI is InChI=1S/C6H6F2N2O/c7-4(8)6-9-5(10-11-6)3-1-2-3/h3-4H,1-2H2. The lowest BCUT2D eigenvalue weighted by atomic mass is 10.4. The molecule has 1 aromatic heterocycles. The predicted molar refractivity (Wildman–Crippen MR) is 31.2 cm³/mol. The third-order valence-corrected chi connectivity index (χ3v) is 1.59. The molecule has 1 fully saturated rings. The highest BCUT2D eigenvalue weighted by molar-refractivity contribution is 5.03. The van der Waals surface area contributed by atoms with Crippen LogP contribution in [0.3, 0.4) is 0 Å². The van der Waals surface area contributed by atoms with E-state index < -0.39 is 12.3 Å². The van der Waals surface area contributed by atoms with Gasteiger partial charge in [-0.2, -0.15) is 13.8 Å². The topological polar surface area (TPSA) is 38.9 Å². The highest BCUT2D eigenvalue weighted by Gasteiger charge is 2.30. The van der Waals surface area contributed by atoms with Gasteiger partial charge in [-0.1, -0.05) is 5.16 Å². The summed E-state index contributed by atoms with van der Waals surface area (Å²) in [5, 5.41) is 3.43. The van der Waals surface area contributed by atoms with Gasteiger partial charge >= 0.3 is 6.43 Å². The molecule has 0 saturated heterocycles. The fourth-order valence-electron chi connectivity index (χ4n) is 0.843. The summed E-state index contributed by atoms with van der Waals surface area (Å²) in [4.78, 5) is 3.54.